The first-order valence-corrected chi connectivity index (χ1v) is 5.36. The number of pyridine rings is 1. The molecule has 3 rings (SSSR count). The summed E-state index contributed by atoms with van der Waals surface area (Å²) in [5.74, 6) is 0.447. The highest BCUT2D eigenvalue weighted by molar-refractivity contribution is 5.52. The van der Waals surface area contributed by atoms with E-state index in [0.717, 1.165) is 12.6 Å². The molecule has 88 valence electrons. The monoisotopic (exact) mass is 235 g/mol. The number of hydrogen-bond donors (Lipinski definition) is 0. The van der Waals surface area contributed by atoms with Crippen LogP contribution in [0.25, 0.3) is 11.5 Å². The molecule has 1 fully saturated rings. The molecule has 3 heterocycles. The molecule has 0 amide bonds. The summed E-state index contributed by atoms with van der Waals surface area (Å²) in [6.45, 7) is 1.30. The van der Waals surface area contributed by atoms with Gasteiger partial charge in [-0.2, -0.15) is 4.98 Å². The van der Waals surface area contributed by atoms with Gasteiger partial charge in [0.05, 0.1) is 18.4 Å². The van der Waals surface area contributed by atoms with Crippen molar-refractivity contribution in [1.82, 2.24) is 15.1 Å². The number of nitrogens with zero attached hydrogens (tertiary/aromatic N) is 3. The lowest BCUT2D eigenvalue weighted by molar-refractivity contribution is 0.192. The van der Waals surface area contributed by atoms with Crippen molar-refractivity contribution in [3.8, 4) is 11.5 Å². The van der Waals surface area contributed by atoms with Gasteiger partial charge in [-0.15, -0.1) is 0 Å². The van der Waals surface area contributed by atoms with Crippen LogP contribution in [0.15, 0.2) is 23.0 Å². The summed E-state index contributed by atoms with van der Waals surface area (Å²) < 4.78 is 23.8. The van der Waals surface area contributed by atoms with Gasteiger partial charge in [0, 0.05) is 18.7 Å². The van der Waals surface area contributed by atoms with Crippen LogP contribution in [0.5, 0.6) is 0 Å². The standard InChI is InChI=1S/C11H10FN3O2/c12-9-5-13-3-1-8(9)11-14-10(15-17-11)7-2-4-16-6-7/h1,3,5,7H,2,4,6H2. The summed E-state index contributed by atoms with van der Waals surface area (Å²) in [7, 11) is 0. The average molecular weight is 235 g/mol. The van der Waals surface area contributed by atoms with Crippen LogP contribution in [0.3, 0.4) is 0 Å². The summed E-state index contributed by atoms with van der Waals surface area (Å²) in [6.07, 6.45) is 3.48. The highest BCUT2D eigenvalue weighted by Gasteiger charge is 2.24. The normalized spacial score (nSPS) is 19.7. The first-order valence-electron chi connectivity index (χ1n) is 5.36. The SMILES string of the molecule is Fc1cnccc1-c1nc(C2CCOC2)no1. The van der Waals surface area contributed by atoms with Crippen LogP contribution in [0, 0.1) is 5.82 Å². The van der Waals surface area contributed by atoms with E-state index in [2.05, 4.69) is 15.1 Å². The Kier molecular flexibility index (Phi) is 2.56. The van der Waals surface area contributed by atoms with Crippen molar-refractivity contribution in [2.24, 2.45) is 0 Å². The number of aromatic nitrogens is 3. The van der Waals surface area contributed by atoms with Gasteiger partial charge >= 0.3 is 0 Å². The van der Waals surface area contributed by atoms with Gasteiger partial charge in [-0.1, -0.05) is 5.16 Å². The lowest BCUT2D eigenvalue weighted by Crippen LogP contribution is -1.99. The van der Waals surface area contributed by atoms with E-state index in [-0.39, 0.29) is 17.4 Å². The second-order valence-electron chi connectivity index (χ2n) is 3.87. The Hall–Kier alpha value is -1.82. The molecule has 0 radical (unpaired) electrons. The highest BCUT2D eigenvalue weighted by Crippen LogP contribution is 2.26. The predicted molar refractivity (Wildman–Crippen MR) is 55.7 cm³/mol. The number of hydrogen-bond acceptors (Lipinski definition) is 5. The first kappa shape index (κ1) is 10.3. The van der Waals surface area contributed by atoms with Gasteiger partial charge in [-0.05, 0) is 12.5 Å². The molecule has 17 heavy (non-hydrogen) atoms. The predicted octanol–water partition coefficient (Wildman–Crippen LogP) is 1.77. The quantitative estimate of drug-likeness (QED) is 0.793. The lowest BCUT2D eigenvalue weighted by Gasteiger charge is -1.98. The number of halogens is 1. The number of rotatable bonds is 2. The third-order valence-corrected chi connectivity index (χ3v) is 2.74. The smallest absolute Gasteiger partial charge is 0.261 e. The molecule has 0 saturated carbocycles. The Balaban J connectivity index is 1.92. The van der Waals surface area contributed by atoms with Crippen LogP contribution in [0.2, 0.25) is 0 Å². The minimum absolute atomic E-state index is 0.150. The van der Waals surface area contributed by atoms with Crippen LogP contribution in [-0.2, 0) is 4.74 Å². The maximum atomic E-state index is 13.4. The van der Waals surface area contributed by atoms with E-state index in [0.29, 0.717) is 19.0 Å². The maximum Gasteiger partial charge on any atom is 0.261 e. The van der Waals surface area contributed by atoms with E-state index in [4.69, 9.17) is 9.26 Å². The van der Waals surface area contributed by atoms with Crippen LogP contribution in [-0.4, -0.2) is 28.3 Å². The topological polar surface area (TPSA) is 61.0 Å². The first-order chi connectivity index (χ1) is 8.34. The molecule has 1 aliphatic heterocycles. The van der Waals surface area contributed by atoms with Gasteiger partial charge in [-0.3, -0.25) is 4.98 Å². The maximum absolute atomic E-state index is 13.4. The highest BCUT2D eigenvalue weighted by atomic mass is 19.1. The molecule has 6 heteroatoms. The van der Waals surface area contributed by atoms with E-state index in [1.54, 1.807) is 0 Å². The van der Waals surface area contributed by atoms with Gasteiger partial charge in [0.1, 0.15) is 0 Å². The van der Waals surface area contributed by atoms with Crippen LogP contribution >= 0.6 is 0 Å². The van der Waals surface area contributed by atoms with Crippen molar-refractivity contribution < 1.29 is 13.7 Å². The molecular weight excluding hydrogens is 225 g/mol. The van der Waals surface area contributed by atoms with Gasteiger partial charge < -0.3 is 9.26 Å². The van der Waals surface area contributed by atoms with Crippen molar-refractivity contribution in [2.45, 2.75) is 12.3 Å². The summed E-state index contributed by atoms with van der Waals surface area (Å²) in [6, 6.07) is 1.51. The molecule has 5 nitrogen and oxygen atoms in total. The Morgan fingerprint density at radius 2 is 2.35 bits per heavy atom. The molecule has 1 aliphatic rings. The largest absolute Gasteiger partial charge is 0.381 e. The number of ether oxygens (including phenoxy) is 1. The Labute approximate surface area is 96.6 Å². The zero-order chi connectivity index (χ0) is 11.7. The van der Waals surface area contributed by atoms with Crippen molar-refractivity contribution in [1.29, 1.82) is 0 Å². The Bertz CT molecular complexity index is 523. The third-order valence-electron chi connectivity index (χ3n) is 2.74. The van der Waals surface area contributed by atoms with E-state index in [1.807, 2.05) is 0 Å². The molecule has 2 aromatic heterocycles. The fourth-order valence-electron chi connectivity index (χ4n) is 1.80. The van der Waals surface area contributed by atoms with E-state index < -0.39 is 5.82 Å². The fraction of sp³-hybridized carbons (Fsp3) is 0.364. The van der Waals surface area contributed by atoms with Gasteiger partial charge in [0.15, 0.2) is 11.6 Å². The van der Waals surface area contributed by atoms with Crippen molar-refractivity contribution in [3.63, 3.8) is 0 Å². The average Bonchev–Trinajstić information content (AvgIpc) is 3.00. The Morgan fingerprint density at radius 3 is 3.12 bits per heavy atom. The molecule has 0 bridgehead atoms. The second kappa shape index (κ2) is 4.21. The van der Waals surface area contributed by atoms with Crippen molar-refractivity contribution in [2.75, 3.05) is 13.2 Å². The Morgan fingerprint density at radius 1 is 1.41 bits per heavy atom. The third kappa shape index (κ3) is 1.91. The van der Waals surface area contributed by atoms with Crippen LogP contribution in [0.1, 0.15) is 18.2 Å². The fourth-order valence-corrected chi connectivity index (χ4v) is 1.80. The molecule has 1 atom stereocenters. The van der Waals surface area contributed by atoms with E-state index in [1.165, 1.54) is 12.3 Å². The van der Waals surface area contributed by atoms with Gasteiger partial charge in [0.25, 0.3) is 5.89 Å². The minimum Gasteiger partial charge on any atom is -0.381 e. The molecule has 1 unspecified atom stereocenters. The lowest BCUT2D eigenvalue weighted by atomic mass is 10.1. The van der Waals surface area contributed by atoms with Gasteiger partial charge in [-0.25, -0.2) is 4.39 Å². The second-order valence-corrected chi connectivity index (χ2v) is 3.87. The van der Waals surface area contributed by atoms with Crippen LogP contribution < -0.4 is 0 Å². The molecule has 0 aliphatic carbocycles. The molecule has 1 saturated heterocycles. The molecule has 0 N–H and O–H groups in total. The summed E-state index contributed by atoms with van der Waals surface area (Å²) >= 11 is 0. The van der Waals surface area contributed by atoms with Gasteiger partial charge in [0.2, 0.25) is 0 Å². The van der Waals surface area contributed by atoms with E-state index in [9.17, 15) is 4.39 Å². The van der Waals surface area contributed by atoms with Crippen molar-refractivity contribution in [3.05, 3.63) is 30.1 Å². The van der Waals surface area contributed by atoms with E-state index >= 15 is 0 Å². The molecule has 2 aromatic rings. The summed E-state index contributed by atoms with van der Waals surface area (Å²) in [5.41, 5.74) is 0.276. The van der Waals surface area contributed by atoms with Crippen molar-refractivity contribution >= 4 is 0 Å². The summed E-state index contributed by atoms with van der Waals surface area (Å²) in [5, 5.41) is 3.86. The van der Waals surface area contributed by atoms with Crippen LogP contribution in [0.4, 0.5) is 4.39 Å². The molecular formula is C11H10FN3O2. The minimum atomic E-state index is -0.467. The molecule has 0 spiro atoms. The zero-order valence-corrected chi connectivity index (χ0v) is 8.97. The summed E-state index contributed by atoms with van der Waals surface area (Å²) in [4.78, 5) is 7.87. The molecule has 0 aromatic carbocycles. The zero-order valence-electron chi connectivity index (χ0n) is 8.97.